The Kier molecular flexibility index (Phi) is 9.94. The average Bonchev–Trinajstić information content (AvgIpc) is 3.33. The number of esters is 1. The van der Waals surface area contributed by atoms with Gasteiger partial charge < -0.3 is 24.8 Å². The van der Waals surface area contributed by atoms with Gasteiger partial charge in [-0.2, -0.15) is 0 Å². The third-order valence-corrected chi connectivity index (χ3v) is 6.18. The zero-order chi connectivity index (χ0) is 29.4. The largest absolute Gasteiger partial charge is 0.466 e. The number of hydrogen-bond donors (Lipinski definition) is 3. The van der Waals surface area contributed by atoms with Crippen LogP contribution in [0.3, 0.4) is 0 Å². The van der Waals surface area contributed by atoms with E-state index in [9.17, 15) is 19.4 Å². The van der Waals surface area contributed by atoms with Crippen LogP contribution in [0.2, 0.25) is 0 Å². The molecule has 2 aromatic heterocycles. The normalized spacial score (nSPS) is 13.0. The molecule has 4 rings (SSSR count). The second-order valence-corrected chi connectivity index (χ2v) is 9.76. The van der Waals surface area contributed by atoms with Crippen LogP contribution in [-0.2, 0) is 9.53 Å². The first-order valence-corrected chi connectivity index (χ1v) is 13.5. The van der Waals surface area contributed by atoms with Crippen LogP contribution < -0.4 is 5.32 Å². The lowest BCUT2D eigenvalue weighted by Crippen LogP contribution is -2.20. The Balaban J connectivity index is 1.75. The van der Waals surface area contributed by atoms with Crippen molar-refractivity contribution in [2.24, 2.45) is 0 Å². The van der Waals surface area contributed by atoms with Gasteiger partial charge in [0.25, 0.3) is 0 Å². The van der Waals surface area contributed by atoms with Gasteiger partial charge in [0.2, 0.25) is 5.95 Å². The van der Waals surface area contributed by atoms with Gasteiger partial charge in [-0.15, -0.1) is 0 Å². The molecule has 0 saturated heterocycles. The fourth-order valence-corrected chi connectivity index (χ4v) is 4.30. The van der Waals surface area contributed by atoms with Crippen LogP contribution in [0.1, 0.15) is 45.4 Å². The molecule has 0 fully saturated rings. The van der Waals surface area contributed by atoms with Crippen molar-refractivity contribution in [2.45, 2.75) is 51.7 Å². The second kappa shape index (κ2) is 13.8. The maximum Gasteiger partial charge on any atom is 0.308 e. The van der Waals surface area contributed by atoms with E-state index in [4.69, 9.17) is 14.7 Å². The lowest BCUT2D eigenvalue weighted by Gasteiger charge is -2.14. The van der Waals surface area contributed by atoms with Crippen molar-refractivity contribution in [2.75, 3.05) is 11.9 Å². The summed E-state index contributed by atoms with van der Waals surface area (Å²) in [5.74, 6) is 0.153. The summed E-state index contributed by atoms with van der Waals surface area (Å²) < 4.78 is 20.5. The molecule has 0 aliphatic carbocycles. The molecule has 0 spiro atoms. The van der Waals surface area contributed by atoms with Crippen molar-refractivity contribution >= 4 is 23.8 Å². The number of benzene rings is 2. The highest BCUT2D eigenvalue weighted by atomic mass is 19.1. The summed E-state index contributed by atoms with van der Waals surface area (Å²) in [6.07, 6.45) is 2.47. The predicted molar refractivity (Wildman–Crippen MR) is 156 cm³/mol. The van der Waals surface area contributed by atoms with E-state index >= 15 is 0 Å². The van der Waals surface area contributed by atoms with Crippen LogP contribution in [0.4, 0.5) is 16.0 Å². The van der Waals surface area contributed by atoms with Crippen molar-refractivity contribution in [3.8, 4) is 22.6 Å². The number of aliphatic hydroxyl groups is 2. The number of aliphatic hydroxyl groups excluding tert-OH is 2. The summed E-state index contributed by atoms with van der Waals surface area (Å²) in [5.41, 5.74) is 3.27. The van der Waals surface area contributed by atoms with Gasteiger partial charge >= 0.3 is 5.97 Å². The lowest BCUT2D eigenvalue weighted by atomic mass is 10.1. The van der Waals surface area contributed by atoms with E-state index in [0.29, 0.717) is 34.4 Å². The second-order valence-electron chi connectivity index (χ2n) is 9.76. The maximum absolute atomic E-state index is 13.8. The molecular weight excluding hydrogens is 525 g/mol. The number of carbonyl (C=O) groups is 1. The molecule has 0 aliphatic rings. The van der Waals surface area contributed by atoms with Crippen molar-refractivity contribution in [1.29, 1.82) is 0 Å². The number of hydrogen-bond acceptors (Lipinski definition) is 8. The van der Waals surface area contributed by atoms with E-state index in [0.717, 1.165) is 5.69 Å². The fraction of sp³-hybridized carbons (Fsp3) is 0.290. The number of aromatic nitrogens is 4. The number of imidazole rings is 1. The monoisotopic (exact) mass is 559 g/mol. The highest BCUT2D eigenvalue weighted by Gasteiger charge is 2.23. The Morgan fingerprint density at radius 2 is 1.80 bits per heavy atom. The van der Waals surface area contributed by atoms with Crippen LogP contribution >= 0.6 is 0 Å². The minimum atomic E-state index is -1.07. The van der Waals surface area contributed by atoms with Crippen LogP contribution in [0.5, 0.6) is 0 Å². The molecule has 2 atom stereocenters. The van der Waals surface area contributed by atoms with E-state index < -0.39 is 18.2 Å². The highest BCUT2D eigenvalue weighted by Crippen LogP contribution is 2.35. The standard InChI is InChI=1S/C31H34FN5O4/c1-4-41-27(40)19-25(39)18-24(38)15-17-37-29(26-14-16-33-31(35-26)34-23-8-6-5-7-9-23)28(36-30(37)20(2)3)21-10-12-22(32)13-11-21/h5-17,20,24-25,38-39H,4,18-19H2,1-3H3,(H,33,34,35)/b17-15+/t24-,25-/m1/s1. The Labute approximate surface area is 238 Å². The van der Waals surface area contributed by atoms with E-state index in [2.05, 4.69) is 10.3 Å². The number of carbonyl (C=O) groups excluding carboxylic acids is 1. The van der Waals surface area contributed by atoms with E-state index in [1.807, 2.05) is 48.7 Å². The smallest absolute Gasteiger partial charge is 0.308 e. The van der Waals surface area contributed by atoms with Gasteiger partial charge in [0.05, 0.1) is 42.3 Å². The number of anilines is 2. The first kappa shape index (κ1) is 29.6. The number of para-hydroxylation sites is 1. The summed E-state index contributed by atoms with van der Waals surface area (Å²) in [6.45, 7) is 5.90. The Hall–Kier alpha value is -4.41. The summed E-state index contributed by atoms with van der Waals surface area (Å²) in [5, 5.41) is 24.1. The summed E-state index contributed by atoms with van der Waals surface area (Å²) >= 11 is 0. The topological polar surface area (TPSA) is 122 Å². The van der Waals surface area contributed by atoms with Crippen LogP contribution in [-0.4, -0.2) is 54.5 Å². The van der Waals surface area contributed by atoms with Gasteiger partial charge in [-0.05, 0) is 55.5 Å². The molecule has 10 heteroatoms. The first-order chi connectivity index (χ1) is 19.7. The molecule has 0 amide bonds. The number of halogens is 1. The van der Waals surface area contributed by atoms with Gasteiger partial charge in [0.1, 0.15) is 11.6 Å². The van der Waals surface area contributed by atoms with Crippen molar-refractivity contribution in [3.05, 3.63) is 84.6 Å². The molecule has 0 bridgehead atoms. The summed E-state index contributed by atoms with van der Waals surface area (Å²) in [7, 11) is 0. The average molecular weight is 560 g/mol. The Morgan fingerprint density at radius 3 is 2.49 bits per heavy atom. The zero-order valence-electron chi connectivity index (χ0n) is 23.2. The molecular formula is C31H34FN5O4. The van der Waals surface area contributed by atoms with Crippen LogP contribution in [0, 0.1) is 5.82 Å². The Morgan fingerprint density at radius 1 is 1.07 bits per heavy atom. The van der Waals surface area contributed by atoms with E-state index in [1.165, 1.54) is 18.2 Å². The SMILES string of the molecule is CCOC(=O)C[C@H](O)C[C@H](O)/C=C/n1c(C(C)C)nc(-c2ccc(F)cc2)c1-c1ccnc(Nc2ccccc2)n1. The van der Waals surface area contributed by atoms with Crippen molar-refractivity contribution in [3.63, 3.8) is 0 Å². The molecule has 2 aromatic carbocycles. The van der Waals surface area contributed by atoms with Gasteiger partial charge in [-0.3, -0.25) is 4.79 Å². The Bertz CT molecular complexity index is 1470. The number of rotatable bonds is 12. The molecule has 9 nitrogen and oxygen atoms in total. The third kappa shape index (κ3) is 7.84. The van der Waals surface area contributed by atoms with Crippen molar-refractivity contribution in [1.82, 2.24) is 19.5 Å². The molecule has 0 radical (unpaired) electrons. The van der Waals surface area contributed by atoms with Crippen molar-refractivity contribution < 1.29 is 24.1 Å². The molecule has 41 heavy (non-hydrogen) atoms. The molecule has 214 valence electrons. The quantitative estimate of drug-likeness (QED) is 0.193. The summed E-state index contributed by atoms with van der Waals surface area (Å²) in [4.78, 5) is 25.7. The third-order valence-electron chi connectivity index (χ3n) is 6.18. The van der Waals surface area contributed by atoms with Crippen LogP contribution in [0.15, 0.2) is 72.9 Å². The lowest BCUT2D eigenvalue weighted by molar-refractivity contribution is -0.145. The van der Waals surface area contributed by atoms with Gasteiger partial charge in [-0.1, -0.05) is 32.0 Å². The maximum atomic E-state index is 13.8. The number of nitrogens with one attached hydrogen (secondary N) is 1. The molecule has 0 aliphatic heterocycles. The molecule has 0 unspecified atom stereocenters. The van der Waals surface area contributed by atoms with E-state index in [-0.39, 0.29) is 31.2 Å². The molecule has 0 saturated carbocycles. The van der Waals surface area contributed by atoms with Crippen LogP contribution in [0.25, 0.3) is 28.8 Å². The number of nitrogens with zero attached hydrogens (tertiary/aromatic N) is 4. The minimum Gasteiger partial charge on any atom is -0.466 e. The molecule has 2 heterocycles. The van der Waals surface area contributed by atoms with E-state index in [1.54, 1.807) is 37.5 Å². The van der Waals surface area contributed by atoms with Gasteiger partial charge in [0.15, 0.2) is 0 Å². The molecule has 3 N–H and O–H groups in total. The fourth-order valence-electron chi connectivity index (χ4n) is 4.30. The predicted octanol–water partition coefficient (Wildman–Crippen LogP) is 5.55. The minimum absolute atomic E-state index is 0.0251. The summed E-state index contributed by atoms with van der Waals surface area (Å²) in [6, 6.07) is 17.4. The highest BCUT2D eigenvalue weighted by molar-refractivity contribution is 5.79. The van der Waals surface area contributed by atoms with Gasteiger partial charge in [0, 0.05) is 36.0 Å². The molecule has 4 aromatic rings. The van der Waals surface area contributed by atoms with Gasteiger partial charge in [-0.25, -0.2) is 19.3 Å². The zero-order valence-corrected chi connectivity index (χ0v) is 23.2. The first-order valence-electron chi connectivity index (χ1n) is 13.5. The number of ether oxygens (including phenoxy) is 1.